The van der Waals surface area contributed by atoms with Crippen molar-refractivity contribution in [2.24, 2.45) is 5.73 Å². The van der Waals surface area contributed by atoms with Crippen molar-refractivity contribution in [2.75, 3.05) is 6.52 Å². The summed E-state index contributed by atoms with van der Waals surface area (Å²) < 4.78 is 10.3. The van der Waals surface area contributed by atoms with Gasteiger partial charge in [-0.25, -0.2) is 4.98 Å². The molecule has 0 spiro atoms. The van der Waals surface area contributed by atoms with Gasteiger partial charge in [0.1, 0.15) is 5.82 Å². The number of hydrogen-bond acceptors (Lipinski definition) is 3. The number of nitrogens with one attached hydrogen (secondary N) is 1. The van der Waals surface area contributed by atoms with Crippen molar-refractivity contribution in [2.45, 2.75) is 65.6 Å². The highest BCUT2D eigenvalue weighted by Crippen LogP contribution is 2.23. The smallest absolute Gasteiger partial charge is 0.110 e. The van der Waals surface area contributed by atoms with Crippen molar-refractivity contribution < 1.29 is 1.37 Å². The molecule has 0 bridgehead atoms. The zero-order valence-electron chi connectivity index (χ0n) is 15.3. The summed E-state index contributed by atoms with van der Waals surface area (Å²) in [6.07, 6.45) is 2.71. The van der Waals surface area contributed by atoms with E-state index in [0.29, 0.717) is 18.6 Å². The molecule has 3 N–H and O–H groups in total. The van der Waals surface area contributed by atoms with E-state index in [0.717, 1.165) is 36.2 Å². The van der Waals surface area contributed by atoms with Crippen LogP contribution in [0.5, 0.6) is 0 Å². The topological polar surface area (TPSA) is 55.9 Å². The lowest BCUT2D eigenvalue weighted by molar-refractivity contribution is 0.538. The average molecular weight is 303 g/mol. The zero-order valence-corrected chi connectivity index (χ0v) is 14.3. The number of imidazole rings is 1. The van der Waals surface area contributed by atoms with E-state index in [2.05, 4.69) is 55.8 Å². The van der Waals surface area contributed by atoms with Crippen LogP contribution >= 0.6 is 0 Å². The third-order valence-corrected chi connectivity index (χ3v) is 3.78. The zero-order chi connectivity index (χ0) is 17.0. The van der Waals surface area contributed by atoms with Gasteiger partial charge in [0.2, 0.25) is 0 Å². The first-order valence-corrected chi connectivity index (χ1v) is 8.30. The molecule has 1 aromatic carbocycles. The first-order chi connectivity index (χ1) is 10.9. The van der Waals surface area contributed by atoms with Gasteiger partial charge in [-0.2, -0.15) is 0 Å². The van der Waals surface area contributed by atoms with E-state index in [1.54, 1.807) is 0 Å². The van der Waals surface area contributed by atoms with Gasteiger partial charge in [-0.3, -0.25) is 0 Å². The number of nitrogens with zero attached hydrogens (tertiary/aromatic N) is 2. The highest BCUT2D eigenvalue weighted by atomic mass is 15.1. The van der Waals surface area contributed by atoms with E-state index < -0.39 is 0 Å². The Morgan fingerprint density at radius 3 is 2.68 bits per heavy atom. The monoisotopic (exact) mass is 303 g/mol. The standard InChI is InChI=1S/C18H30N4/c1-13(2)20-10-6-5-7-18-21-16-9-8-15(12-19)11-17(16)22(18)14(3)4/h8-9,11,13-14,20H,5-7,10,12,19H2,1-4H3/i10D. The second-order valence-corrected chi connectivity index (χ2v) is 6.44. The molecule has 0 amide bonds. The average Bonchev–Trinajstić information content (AvgIpc) is 2.83. The minimum Gasteiger partial charge on any atom is -0.326 e. The molecule has 0 aliphatic rings. The van der Waals surface area contributed by atoms with Crippen LogP contribution in [0.3, 0.4) is 0 Å². The van der Waals surface area contributed by atoms with E-state index in [1.807, 2.05) is 0 Å². The van der Waals surface area contributed by atoms with Crippen molar-refractivity contribution in [3.05, 3.63) is 29.6 Å². The number of benzene rings is 1. The van der Waals surface area contributed by atoms with Crippen LogP contribution in [0, 0.1) is 0 Å². The van der Waals surface area contributed by atoms with Gasteiger partial charge in [0.25, 0.3) is 0 Å². The summed E-state index contributed by atoms with van der Waals surface area (Å²) in [4.78, 5) is 4.81. The van der Waals surface area contributed by atoms with Gasteiger partial charge in [0.15, 0.2) is 0 Å². The Bertz CT molecular complexity index is 633. The van der Waals surface area contributed by atoms with Crippen molar-refractivity contribution >= 4 is 11.0 Å². The molecule has 1 atom stereocenters. The predicted octanol–water partition coefficient (Wildman–Crippen LogP) is 3.40. The van der Waals surface area contributed by atoms with Crippen molar-refractivity contribution in [1.29, 1.82) is 0 Å². The molecule has 0 saturated heterocycles. The fourth-order valence-electron chi connectivity index (χ4n) is 2.75. The Balaban J connectivity index is 2.15. The Labute approximate surface area is 135 Å². The van der Waals surface area contributed by atoms with Gasteiger partial charge >= 0.3 is 0 Å². The third kappa shape index (κ3) is 4.08. The summed E-state index contributed by atoms with van der Waals surface area (Å²) in [5, 5.41) is 3.23. The number of nitrogens with two attached hydrogens (primary N) is 1. The molecular weight excluding hydrogens is 272 g/mol. The van der Waals surface area contributed by atoms with Crippen molar-refractivity contribution in [3.8, 4) is 0 Å². The first-order valence-electron chi connectivity index (χ1n) is 8.88. The maximum absolute atomic E-state index is 8.01. The molecule has 122 valence electrons. The third-order valence-electron chi connectivity index (χ3n) is 3.78. The highest BCUT2D eigenvalue weighted by molar-refractivity contribution is 5.77. The van der Waals surface area contributed by atoms with Crippen molar-refractivity contribution in [1.82, 2.24) is 14.9 Å². The second-order valence-electron chi connectivity index (χ2n) is 6.44. The molecule has 1 aromatic heterocycles. The largest absolute Gasteiger partial charge is 0.326 e. The Hall–Kier alpha value is -1.39. The van der Waals surface area contributed by atoms with Crippen LogP contribution in [0.4, 0.5) is 0 Å². The van der Waals surface area contributed by atoms with E-state index in [1.165, 1.54) is 5.52 Å². The molecule has 0 aliphatic carbocycles. The predicted molar refractivity (Wildman–Crippen MR) is 94.1 cm³/mol. The van der Waals surface area contributed by atoms with Gasteiger partial charge in [0.05, 0.1) is 11.0 Å². The van der Waals surface area contributed by atoms with Gasteiger partial charge in [-0.1, -0.05) is 19.9 Å². The fourth-order valence-corrected chi connectivity index (χ4v) is 2.75. The van der Waals surface area contributed by atoms with Crippen LogP contribution in [-0.2, 0) is 13.0 Å². The molecule has 22 heavy (non-hydrogen) atoms. The minimum atomic E-state index is -0.198. The molecule has 0 radical (unpaired) electrons. The van der Waals surface area contributed by atoms with E-state index in [-0.39, 0.29) is 6.52 Å². The number of aromatic nitrogens is 2. The van der Waals surface area contributed by atoms with Gasteiger partial charge < -0.3 is 15.6 Å². The van der Waals surface area contributed by atoms with Crippen LogP contribution in [0.2, 0.25) is 0 Å². The van der Waals surface area contributed by atoms with Crippen LogP contribution in [-0.4, -0.2) is 22.1 Å². The lowest BCUT2D eigenvalue weighted by atomic mass is 10.2. The Morgan fingerprint density at radius 1 is 1.27 bits per heavy atom. The molecule has 1 unspecified atom stereocenters. The summed E-state index contributed by atoms with van der Waals surface area (Å²) in [7, 11) is 0. The van der Waals surface area contributed by atoms with Crippen LogP contribution < -0.4 is 11.1 Å². The molecule has 2 rings (SSSR count). The molecule has 4 nitrogen and oxygen atoms in total. The molecule has 0 fully saturated rings. The van der Waals surface area contributed by atoms with E-state index in [9.17, 15) is 0 Å². The summed E-state index contributed by atoms with van der Waals surface area (Å²) in [6, 6.07) is 6.99. The summed E-state index contributed by atoms with van der Waals surface area (Å²) in [5.74, 6) is 1.11. The molecule has 4 heteroatoms. The number of fused-ring (bicyclic) bond motifs is 1. The molecule has 0 saturated carbocycles. The maximum atomic E-state index is 8.01. The Morgan fingerprint density at radius 2 is 2.05 bits per heavy atom. The van der Waals surface area contributed by atoms with Crippen molar-refractivity contribution in [3.63, 3.8) is 0 Å². The summed E-state index contributed by atoms with van der Waals surface area (Å²) in [6.45, 7) is 8.89. The lowest BCUT2D eigenvalue weighted by Crippen LogP contribution is -2.23. The molecular formula is C18H30N4. The maximum Gasteiger partial charge on any atom is 0.110 e. The van der Waals surface area contributed by atoms with E-state index in [4.69, 9.17) is 12.1 Å². The van der Waals surface area contributed by atoms with Gasteiger partial charge in [-0.15, -0.1) is 0 Å². The van der Waals surface area contributed by atoms with E-state index >= 15 is 0 Å². The van der Waals surface area contributed by atoms with Crippen LogP contribution in [0.15, 0.2) is 18.2 Å². The normalized spacial score (nSPS) is 14.0. The van der Waals surface area contributed by atoms with Gasteiger partial charge in [-0.05, 0) is 50.9 Å². The minimum absolute atomic E-state index is 0.198. The number of rotatable bonds is 8. The lowest BCUT2D eigenvalue weighted by Gasteiger charge is -2.14. The van der Waals surface area contributed by atoms with Crippen LogP contribution in [0.25, 0.3) is 11.0 Å². The summed E-state index contributed by atoms with van der Waals surface area (Å²) >= 11 is 0. The summed E-state index contributed by atoms with van der Waals surface area (Å²) in [5.41, 5.74) is 9.11. The quantitative estimate of drug-likeness (QED) is 0.786. The van der Waals surface area contributed by atoms with Crippen LogP contribution in [0.1, 0.15) is 59.3 Å². The SMILES string of the molecule is [2H]C(CCCc1nc2ccc(CN)cc2n1C(C)C)NC(C)C. The highest BCUT2D eigenvalue weighted by Gasteiger charge is 2.13. The van der Waals surface area contributed by atoms with Gasteiger partial charge in [0, 0.05) is 26.4 Å². The fraction of sp³-hybridized carbons (Fsp3) is 0.611. The Kier molecular flexibility index (Phi) is 5.46. The number of hydrogen-bond donors (Lipinski definition) is 2. The molecule has 2 aromatic rings. The molecule has 0 aliphatic heterocycles. The first kappa shape index (κ1) is 15.5. The second kappa shape index (κ2) is 7.75. The molecule has 1 heterocycles. The number of aryl methyl sites for hydroxylation is 1.